The smallest absolute Gasteiger partial charge is 0.246 e. The normalized spacial score (nSPS) is 10.3. The Morgan fingerprint density at radius 1 is 1.62 bits per heavy atom. The number of nitrogens with one attached hydrogen (secondary N) is 1. The van der Waals surface area contributed by atoms with E-state index in [1.54, 1.807) is 0 Å². The summed E-state index contributed by atoms with van der Waals surface area (Å²) >= 11 is 0. The molecule has 3 N–H and O–H groups in total. The highest BCUT2D eigenvalue weighted by atomic mass is 16.5. The van der Waals surface area contributed by atoms with Gasteiger partial charge < -0.3 is 15.4 Å². The van der Waals surface area contributed by atoms with E-state index in [2.05, 4.69) is 15.2 Å². The van der Waals surface area contributed by atoms with Crippen LogP contribution in [0.4, 0.5) is 11.9 Å². The molecule has 0 radical (unpaired) electrons. The van der Waals surface area contributed by atoms with Crippen molar-refractivity contribution in [2.24, 2.45) is 0 Å². The van der Waals surface area contributed by atoms with Crippen LogP contribution in [0, 0.1) is 0 Å². The maximum Gasteiger partial charge on any atom is 0.246 e. The van der Waals surface area contributed by atoms with E-state index in [9.17, 15) is 0 Å². The number of rotatable bonds is 5. The summed E-state index contributed by atoms with van der Waals surface area (Å²) < 4.78 is 5.19. The minimum atomic E-state index is 0.332. The van der Waals surface area contributed by atoms with E-state index in [4.69, 9.17) is 10.5 Å². The Bertz CT molecular complexity index is 249. The van der Waals surface area contributed by atoms with Crippen molar-refractivity contribution >= 4 is 11.9 Å². The van der Waals surface area contributed by atoms with Crippen LogP contribution in [0.2, 0.25) is 0 Å². The van der Waals surface area contributed by atoms with E-state index in [1.165, 1.54) is 0 Å². The zero-order valence-electron chi connectivity index (χ0n) is 7.95. The average molecular weight is 185 g/mol. The molecule has 0 aliphatic carbocycles. The first kappa shape index (κ1) is 9.79. The van der Waals surface area contributed by atoms with Crippen molar-refractivity contribution in [1.29, 1.82) is 0 Å². The molecular formula is C7H15N5O. The van der Waals surface area contributed by atoms with Crippen molar-refractivity contribution < 1.29 is 4.74 Å². The van der Waals surface area contributed by atoms with Crippen LogP contribution in [0.1, 0.15) is 6.92 Å². The molecule has 0 aliphatic rings. The van der Waals surface area contributed by atoms with Gasteiger partial charge in [-0.05, 0) is 6.92 Å². The molecule has 0 atom stereocenters. The average Bonchev–Trinajstić information content (AvgIpc) is 2.52. The molecule has 0 fully saturated rings. The van der Waals surface area contributed by atoms with E-state index in [-0.39, 0.29) is 0 Å². The number of aromatic nitrogens is 3. The van der Waals surface area contributed by atoms with Crippen LogP contribution >= 0.6 is 0 Å². The van der Waals surface area contributed by atoms with E-state index in [0.29, 0.717) is 18.5 Å². The van der Waals surface area contributed by atoms with E-state index in [0.717, 1.165) is 13.2 Å². The highest BCUT2D eigenvalue weighted by Crippen LogP contribution is 2.03. The van der Waals surface area contributed by atoms with Gasteiger partial charge in [-0.25, -0.2) is 5.10 Å². The number of H-pyrrole nitrogens is 1. The molecule has 0 saturated carbocycles. The monoisotopic (exact) mass is 185 g/mol. The molecule has 0 unspecified atom stereocenters. The predicted octanol–water partition coefficient (Wildman–Crippen LogP) is -0.140. The second kappa shape index (κ2) is 4.66. The number of nitrogen functional groups attached to an aromatic ring is 1. The Kier molecular flexibility index (Phi) is 3.51. The first-order valence-electron chi connectivity index (χ1n) is 4.20. The fourth-order valence-corrected chi connectivity index (χ4v) is 0.882. The molecule has 74 valence electrons. The van der Waals surface area contributed by atoms with Gasteiger partial charge in [-0.3, -0.25) is 0 Å². The van der Waals surface area contributed by atoms with Crippen LogP contribution in [0.15, 0.2) is 0 Å². The standard InChI is InChI=1S/C7H15N5O/c1-3-13-5-4-12(2)7-9-6(8)10-11-7/h3-5H2,1-2H3,(H3,8,9,10,11). The number of hydrogen-bond acceptors (Lipinski definition) is 5. The van der Waals surface area contributed by atoms with Crippen molar-refractivity contribution in [3.8, 4) is 0 Å². The molecular weight excluding hydrogens is 170 g/mol. The first-order valence-corrected chi connectivity index (χ1v) is 4.20. The fraction of sp³-hybridized carbons (Fsp3) is 0.714. The summed E-state index contributed by atoms with van der Waals surface area (Å²) in [6.45, 7) is 4.11. The number of anilines is 2. The second-order valence-corrected chi connectivity index (χ2v) is 2.64. The van der Waals surface area contributed by atoms with Crippen molar-refractivity contribution in [2.45, 2.75) is 6.92 Å². The van der Waals surface area contributed by atoms with Crippen LogP contribution in [0.5, 0.6) is 0 Å². The van der Waals surface area contributed by atoms with Crippen LogP contribution < -0.4 is 10.6 Å². The minimum Gasteiger partial charge on any atom is -0.380 e. The Labute approximate surface area is 77.1 Å². The number of nitrogens with zero attached hydrogens (tertiary/aromatic N) is 3. The lowest BCUT2D eigenvalue weighted by molar-refractivity contribution is 0.154. The van der Waals surface area contributed by atoms with Gasteiger partial charge in [0.2, 0.25) is 11.9 Å². The quantitative estimate of drug-likeness (QED) is 0.624. The molecule has 0 aromatic carbocycles. The molecule has 0 saturated heterocycles. The number of likely N-dealkylation sites (N-methyl/N-ethyl adjacent to an activating group) is 1. The number of aromatic amines is 1. The third-order valence-electron chi connectivity index (χ3n) is 1.61. The maximum atomic E-state index is 5.38. The zero-order valence-corrected chi connectivity index (χ0v) is 7.95. The van der Waals surface area contributed by atoms with Crippen LogP contribution in [-0.4, -0.2) is 42.0 Å². The highest BCUT2D eigenvalue weighted by molar-refractivity contribution is 5.32. The van der Waals surface area contributed by atoms with Gasteiger partial charge in [0.1, 0.15) is 0 Å². The Morgan fingerprint density at radius 2 is 2.38 bits per heavy atom. The molecule has 1 aromatic heterocycles. The van der Waals surface area contributed by atoms with Gasteiger partial charge in [0.15, 0.2) is 0 Å². The summed E-state index contributed by atoms with van der Waals surface area (Å²) in [6.07, 6.45) is 0. The molecule has 0 aliphatic heterocycles. The maximum absolute atomic E-state index is 5.38. The van der Waals surface area contributed by atoms with Crippen LogP contribution in [0.3, 0.4) is 0 Å². The minimum absolute atomic E-state index is 0.332. The van der Waals surface area contributed by atoms with Gasteiger partial charge >= 0.3 is 0 Å². The largest absolute Gasteiger partial charge is 0.380 e. The summed E-state index contributed by atoms with van der Waals surface area (Å²) in [5.74, 6) is 0.926. The number of hydrogen-bond donors (Lipinski definition) is 2. The van der Waals surface area contributed by atoms with Gasteiger partial charge in [-0.15, -0.1) is 5.10 Å². The SMILES string of the molecule is CCOCCN(C)c1n[nH]c(N)n1. The van der Waals surface area contributed by atoms with E-state index in [1.807, 2.05) is 18.9 Å². The van der Waals surface area contributed by atoms with E-state index < -0.39 is 0 Å². The molecule has 1 rings (SSSR count). The zero-order chi connectivity index (χ0) is 9.68. The summed E-state index contributed by atoms with van der Waals surface area (Å²) in [5, 5.41) is 6.48. The van der Waals surface area contributed by atoms with Gasteiger partial charge in [0.05, 0.1) is 6.61 Å². The van der Waals surface area contributed by atoms with Gasteiger partial charge in [0.25, 0.3) is 0 Å². The predicted molar refractivity (Wildman–Crippen MR) is 50.6 cm³/mol. The Morgan fingerprint density at radius 3 is 2.92 bits per heavy atom. The molecule has 6 nitrogen and oxygen atoms in total. The van der Waals surface area contributed by atoms with Crippen molar-refractivity contribution in [2.75, 3.05) is 37.4 Å². The Hall–Kier alpha value is -1.30. The molecule has 0 amide bonds. The van der Waals surface area contributed by atoms with Crippen LogP contribution in [0.25, 0.3) is 0 Å². The second-order valence-electron chi connectivity index (χ2n) is 2.64. The molecule has 0 bridgehead atoms. The Balaban J connectivity index is 2.35. The lowest BCUT2D eigenvalue weighted by atomic mass is 10.6. The molecule has 6 heteroatoms. The third-order valence-corrected chi connectivity index (χ3v) is 1.61. The number of nitrogens with two attached hydrogens (primary N) is 1. The van der Waals surface area contributed by atoms with Crippen molar-refractivity contribution in [3.05, 3.63) is 0 Å². The van der Waals surface area contributed by atoms with Crippen molar-refractivity contribution in [3.63, 3.8) is 0 Å². The molecule has 1 aromatic rings. The first-order chi connectivity index (χ1) is 6.24. The third kappa shape index (κ3) is 2.90. The van der Waals surface area contributed by atoms with Gasteiger partial charge in [-0.2, -0.15) is 4.98 Å². The summed E-state index contributed by atoms with van der Waals surface area (Å²) in [5.41, 5.74) is 5.38. The summed E-state index contributed by atoms with van der Waals surface area (Å²) in [6, 6.07) is 0. The van der Waals surface area contributed by atoms with Gasteiger partial charge in [-0.1, -0.05) is 0 Å². The highest BCUT2D eigenvalue weighted by Gasteiger charge is 2.05. The lowest BCUT2D eigenvalue weighted by Gasteiger charge is -2.13. The van der Waals surface area contributed by atoms with Crippen molar-refractivity contribution in [1.82, 2.24) is 15.2 Å². The molecule has 1 heterocycles. The molecule has 0 spiro atoms. The summed E-state index contributed by atoms with van der Waals surface area (Å²) in [4.78, 5) is 5.85. The topological polar surface area (TPSA) is 80.1 Å². The van der Waals surface area contributed by atoms with Gasteiger partial charge in [0, 0.05) is 20.2 Å². The van der Waals surface area contributed by atoms with Crippen LogP contribution in [-0.2, 0) is 4.74 Å². The van der Waals surface area contributed by atoms with E-state index >= 15 is 0 Å². The number of ether oxygens (including phenoxy) is 1. The lowest BCUT2D eigenvalue weighted by Crippen LogP contribution is -2.23. The molecule has 13 heavy (non-hydrogen) atoms. The summed E-state index contributed by atoms with van der Waals surface area (Å²) in [7, 11) is 1.89. The fourth-order valence-electron chi connectivity index (χ4n) is 0.882.